The van der Waals surface area contributed by atoms with Crippen molar-refractivity contribution in [3.63, 3.8) is 0 Å². The van der Waals surface area contributed by atoms with Gasteiger partial charge in [0.15, 0.2) is 0 Å². The Bertz CT molecular complexity index is 370. The summed E-state index contributed by atoms with van der Waals surface area (Å²) in [5, 5.41) is 0. The number of carbonyl (C=O) groups excluding carboxylic acids is 2. The van der Waals surface area contributed by atoms with Crippen molar-refractivity contribution < 1.29 is 9.59 Å². The average molecular weight is 216 g/mol. The second-order valence-electron chi connectivity index (χ2n) is 4.46. The smallest absolute Gasteiger partial charge is 0.146 e. The fraction of sp³-hybridized carbons (Fsp3) is 0.429. The van der Waals surface area contributed by atoms with Crippen LogP contribution in [-0.4, -0.2) is 12.1 Å². The van der Waals surface area contributed by atoms with E-state index in [1.807, 2.05) is 30.3 Å². The maximum absolute atomic E-state index is 11.9. The van der Waals surface area contributed by atoms with Gasteiger partial charge in [0.25, 0.3) is 0 Å². The molecule has 2 heteroatoms. The predicted molar refractivity (Wildman–Crippen MR) is 62.0 cm³/mol. The first-order valence-electron chi connectivity index (χ1n) is 5.84. The zero-order chi connectivity index (χ0) is 11.4. The molecule has 1 fully saturated rings. The van der Waals surface area contributed by atoms with E-state index in [9.17, 15) is 9.59 Å². The Morgan fingerprint density at radius 1 is 1.19 bits per heavy atom. The maximum atomic E-state index is 11.9. The second-order valence-corrected chi connectivity index (χ2v) is 4.46. The lowest BCUT2D eigenvalue weighted by molar-refractivity contribution is -0.132. The van der Waals surface area contributed by atoms with Crippen molar-refractivity contribution in [3.05, 3.63) is 35.9 Å². The van der Waals surface area contributed by atoms with Crippen LogP contribution in [0.25, 0.3) is 0 Å². The van der Waals surface area contributed by atoms with Gasteiger partial charge in [-0.2, -0.15) is 0 Å². The standard InChI is InChI=1S/C14H16O2/c15-10-13-8-4-7-12(14(13)16)9-11-5-2-1-3-6-11/h1-3,5-6,10,12-13H,4,7-9H2. The molecule has 0 aromatic heterocycles. The van der Waals surface area contributed by atoms with Crippen molar-refractivity contribution in [2.24, 2.45) is 11.8 Å². The summed E-state index contributed by atoms with van der Waals surface area (Å²) in [5.41, 5.74) is 1.19. The van der Waals surface area contributed by atoms with E-state index in [0.29, 0.717) is 0 Å². The van der Waals surface area contributed by atoms with E-state index in [0.717, 1.165) is 32.0 Å². The highest BCUT2D eigenvalue weighted by atomic mass is 16.1. The van der Waals surface area contributed by atoms with Crippen LogP contribution in [-0.2, 0) is 16.0 Å². The number of carbonyl (C=O) groups is 2. The Morgan fingerprint density at radius 3 is 2.62 bits per heavy atom. The molecule has 0 spiro atoms. The van der Waals surface area contributed by atoms with Crippen LogP contribution in [0, 0.1) is 11.8 Å². The number of rotatable bonds is 3. The maximum Gasteiger partial charge on any atom is 0.146 e. The number of hydrogen-bond donors (Lipinski definition) is 0. The first-order chi connectivity index (χ1) is 7.81. The van der Waals surface area contributed by atoms with Crippen LogP contribution < -0.4 is 0 Å². The van der Waals surface area contributed by atoms with Gasteiger partial charge in [0.1, 0.15) is 12.1 Å². The van der Waals surface area contributed by atoms with Crippen LogP contribution in [0.4, 0.5) is 0 Å². The molecule has 1 aliphatic rings. The van der Waals surface area contributed by atoms with E-state index in [1.54, 1.807) is 0 Å². The van der Waals surface area contributed by atoms with Crippen LogP contribution in [0.1, 0.15) is 24.8 Å². The molecule has 1 aromatic rings. The number of benzene rings is 1. The summed E-state index contributed by atoms with van der Waals surface area (Å²) in [7, 11) is 0. The van der Waals surface area contributed by atoms with Gasteiger partial charge in [-0.05, 0) is 24.8 Å². The predicted octanol–water partition coefficient (Wildman–Crippen LogP) is 2.41. The molecule has 0 N–H and O–H groups in total. The number of ketones is 1. The third-order valence-electron chi connectivity index (χ3n) is 3.32. The van der Waals surface area contributed by atoms with Gasteiger partial charge >= 0.3 is 0 Å². The first-order valence-corrected chi connectivity index (χ1v) is 5.84. The second kappa shape index (κ2) is 5.06. The molecule has 0 heterocycles. The Balaban J connectivity index is 2.04. The molecule has 0 radical (unpaired) electrons. The summed E-state index contributed by atoms with van der Waals surface area (Å²) in [6, 6.07) is 10.0. The third-order valence-corrected chi connectivity index (χ3v) is 3.32. The van der Waals surface area contributed by atoms with Gasteiger partial charge in [0.05, 0.1) is 5.92 Å². The van der Waals surface area contributed by atoms with E-state index in [-0.39, 0.29) is 17.6 Å². The zero-order valence-corrected chi connectivity index (χ0v) is 9.26. The molecule has 1 aromatic carbocycles. The number of hydrogen-bond acceptors (Lipinski definition) is 2. The first kappa shape index (κ1) is 11.1. The molecular weight excluding hydrogens is 200 g/mol. The zero-order valence-electron chi connectivity index (χ0n) is 9.26. The van der Waals surface area contributed by atoms with Crippen molar-refractivity contribution >= 4 is 12.1 Å². The number of aldehydes is 1. The Kier molecular flexibility index (Phi) is 3.50. The monoisotopic (exact) mass is 216 g/mol. The normalized spacial score (nSPS) is 25.4. The fourth-order valence-corrected chi connectivity index (χ4v) is 2.41. The van der Waals surface area contributed by atoms with Crippen molar-refractivity contribution in [2.75, 3.05) is 0 Å². The topological polar surface area (TPSA) is 34.1 Å². The summed E-state index contributed by atoms with van der Waals surface area (Å²) in [4.78, 5) is 22.7. The Morgan fingerprint density at radius 2 is 1.94 bits per heavy atom. The molecular formula is C14H16O2. The van der Waals surface area contributed by atoms with Gasteiger partial charge < -0.3 is 4.79 Å². The van der Waals surface area contributed by atoms with E-state index >= 15 is 0 Å². The van der Waals surface area contributed by atoms with Crippen LogP contribution >= 0.6 is 0 Å². The Hall–Kier alpha value is -1.44. The number of Topliss-reactive ketones (excluding diaryl/α,β-unsaturated/α-hetero) is 1. The van der Waals surface area contributed by atoms with Crippen LogP contribution in [0.2, 0.25) is 0 Å². The lowest BCUT2D eigenvalue weighted by Gasteiger charge is -2.24. The lowest BCUT2D eigenvalue weighted by Crippen LogP contribution is -2.30. The highest BCUT2D eigenvalue weighted by Crippen LogP contribution is 2.27. The van der Waals surface area contributed by atoms with Gasteiger partial charge in [-0.3, -0.25) is 4.79 Å². The van der Waals surface area contributed by atoms with E-state index in [1.165, 1.54) is 5.56 Å². The SMILES string of the molecule is O=CC1CCCC(Cc2ccccc2)C1=O. The van der Waals surface area contributed by atoms with Crippen molar-refractivity contribution in [1.82, 2.24) is 0 Å². The van der Waals surface area contributed by atoms with E-state index < -0.39 is 0 Å². The molecule has 0 saturated heterocycles. The minimum atomic E-state index is -0.345. The summed E-state index contributed by atoms with van der Waals surface area (Å²) in [5.74, 6) is -0.154. The molecule has 2 rings (SSSR count). The van der Waals surface area contributed by atoms with Crippen LogP contribution in [0.15, 0.2) is 30.3 Å². The van der Waals surface area contributed by atoms with Crippen molar-refractivity contribution in [1.29, 1.82) is 0 Å². The molecule has 16 heavy (non-hydrogen) atoms. The van der Waals surface area contributed by atoms with E-state index in [4.69, 9.17) is 0 Å². The van der Waals surface area contributed by atoms with Gasteiger partial charge in [0, 0.05) is 5.92 Å². The van der Waals surface area contributed by atoms with E-state index in [2.05, 4.69) is 0 Å². The minimum absolute atomic E-state index is 0.0475. The molecule has 0 bridgehead atoms. The molecule has 84 valence electrons. The van der Waals surface area contributed by atoms with Gasteiger partial charge in [-0.15, -0.1) is 0 Å². The van der Waals surface area contributed by atoms with Crippen molar-refractivity contribution in [2.45, 2.75) is 25.7 Å². The molecule has 2 nitrogen and oxygen atoms in total. The summed E-state index contributed by atoms with van der Waals surface area (Å²) < 4.78 is 0. The van der Waals surface area contributed by atoms with Gasteiger partial charge in [-0.1, -0.05) is 36.8 Å². The average Bonchev–Trinajstić information content (AvgIpc) is 2.33. The van der Waals surface area contributed by atoms with Crippen molar-refractivity contribution in [3.8, 4) is 0 Å². The summed E-state index contributed by atoms with van der Waals surface area (Å²) >= 11 is 0. The fourth-order valence-electron chi connectivity index (χ4n) is 2.41. The lowest BCUT2D eigenvalue weighted by atomic mass is 9.78. The quantitative estimate of drug-likeness (QED) is 0.574. The molecule has 2 unspecified atom stereocenters. The third kappa shape index (κ3) is 2.38. The largest absolute Gasteiger partial charge is 0.303 e. The molecule has 1 aliphatic carbocycles. The van der Waals surface area contributed by atoms with Crippen LogP contribution in [0.3, 0.4) is 0 Å². The van der Waals surface area contributed by atoms with Crippen LogP contribution in [0.5, 0.6) is 0 Å². The highest BCUT2D eigenvalue weighted by molar-refractivity contribution is 5.95. The molecule has 2 atom stereocenters. The highest BCUT2D eigenvalue weighted by Gasteiger charge is 2.30. The molecule has 0 amide bonds. The molecule has 1 saturated carbocycles. The molecule has 0 aliphatic heterocycles. The van der Waals surface area contributed by atoms with Gasteiger partial charge in [0.2, 0.25) is 0 Å². The minimum Gasteiger partial charge on any atom is -0.303 e. The summed E-state index contributed by atoms with van der Waals surface area (Å²) in [6.45, 7) is 0. The Labute approximate surface area is 95.7 Å². The van der Waals surface area contributed by atoms with Gasteiger partial charge in [-0.25, -0.2) is 0 Å². The summed E-state index contributed by atoms with van der Waals surface area (Å²) in [6.07, 6.45) is 4.27.